The van der Waals surface area contributed by atoms with Gasteiger partial charge >= 0.3 is 0 Å². The van der Waals surface area contributed by atoms with Crippen LogP contribution in [-0.2, 0) is 0 Å². The van der Waals surface area contributed by atoms with Crippen molar-refractivity contribution in [3.8, 4) is 0 Å². The molecule has 2 radical (unpaired) electrons. The Morgan fingerprint density at radius 1 is 2.50 bits per heavy atom. The van der Waals surface area contributed by atoms with Crippen molar-refractivity contribution in [2.24, 2.45) is 0 Å². The summed E-state index contributed by atoms with van der Waals surface area (Å²) in [7, 11) is 6.06. The molecule has 0 aliphatic carbocycles. The zero-order chi connectivity index (χ0) is 4.28. The first kappa shape index (κ1) is 3.09. The summed E-state index contributed by atoms with van der Waals surface area (Å²) in [5, 5.41) is 0. The minimum Gasteiger partial charge on any atom is -0.381 e. The third-order valence-electron chi connectivity index (χ3n) is 0. The SMILES string of the molecule is [3H]OP([B])P. The third-order valence-corrected chi connectivity index (χ3v) is 0. The Bertz CT molecular complexity index is 23.6. The zero-order valence-electron chi connectivity index (χ0n) is 3.01. The van der Waals surface area contributed by atoms with Gasteiger partial charge in [0.25, 0.3) is 0 Å². The molecule has 22 valence electrons. The lowest BCUT2D eigenvalue weighted by Gasteiger charge is -1.81. The van der Waals surface area contributed by atoms with Gasteiger partial charge in [-0.15, -0.1) is 0 Å². The van der Waals surface area contributed by atoms with Crippen LogP contribution in [0.15, 0.2) is 0 Å². The Morgan fingerprint density at radius 3 is 2.75 bits per heavy atom. The van der Waals surface area contributed by atoms with Crippen molar-refractivity contribution in [2.75, 3.05) is 0 Å². The second-order valence-corrected chi connectivity index (χ2v) is 2.61. The maximum atomic E-state index is 6.04. The number of rotatable bonds is 1. The Hall–Kier alpha value is 0.885. The van der Waals surface area contributed by atoms with Gasteiger partial charge < -0.3 is 4.90 Å². The molecule has 0 aliphatic rings. The van der Waals surface area contributed by atoms with E-state index in [0.29, 0.717) is 0 Å². The van der Waals surface area contributed by atoms with Gasteiger partial charge in [0.1, 0.15) is 0 Å². The molecule has 0 aromatic rings. The lowest BCUT2D eigenvalue weighted by molar-refractivity contribution is 0.655. The van der Waals surface area contributed by atoms with Gasteiger partial charge in [-0.25, -0.2) is 0 Å². The van der Waals surface area contributed by atoms with E-state index in [1.807, 2.05) is 0 Å². The summed E-state index contributed by atoms with van der Waals surface area (Å²) in [6, 6.07) is 0. The molecule has 0 aliphatic heterocycles. The molecule has 1 N–H and O–H groups in total. The number of hydrogen-bond acceptors (Lipinski definition) is 1. The molecule has 0 saturated heterocycles. The number of hydrogen-bond donors (Lipinski definition) is 1. The van der Waals surface area contributed by atoms with E-state index in [1.165, 1.54) is 0 Å². The van der Waals surface area contributed by atoms with Crippen LogP contribution in [0.4, 0.5) is 0 Å². The highest BCUT2D eigenvalue weighted by atomic mass is 32.0. The predicted molar refractivity (Wildman–Crippen MR) is 24.6 cm³/mol. The topological polar surface area (TPSA) is 20.2 Å². The van der Waals surface area contributed by atoms with Gasteiger partial charge in [-0.05, 0) is 7.72 Å². The van der Waals surface area contributed by atoms with Crippen molar-refractivity contribution >= 4 is 24.2 Å². The lowest BCUT2D eigenvalue weighted by Crippen LogP contribution is -1.42. The Labute approximate surface area is 31.6 Å². The summed E-state index contributed by atoms with van der Waals surface area (Å²) in [5.74, 6) is 0. The van der Waals surface area contributed by atoms with E-state index in [9.17, 15) is 0 Å². The first-order chi connectivity index (χ1) is 2.27. The highest BCUT2D eigenvalue weighted by Gasteiger charge is 1.69. The molecular formula is H3BOP2. The molecule has 0 bridgehead atoms. The zero-order valence-corrected chi connectivity index (χ0v) is 4.06. The highest BCUT2D eigenvalue weighted by molar-refractivity contribution is 8.23. The largest absolute Gasteiger partial charge is 0.381 e. The summed E-state index contributed by atoms with van der Waals surface area (Å²) in [4.78, 5) is 3.81. The van der Waals surface area contributed by atoms with Crippen molar-refractivity contribution in [3.05, 3.63) is 0 Å². The summed E-state index contributed by atoms with van der Waals surface area (Å²) in [6.07, 6.45) is 0. The molecule has 1 nitrogen and oxygen atoms in total. The fraction of sp³-hybridized carbons (Fsp3) is 0. The van der Waals surface area contributed by atoms with Crippen molar-refractivity contribution in [2.45, 2.75) is 0 Å². The molecule has 0 aromatic heterocycles. The van der Waals surface area contributed by atoms with Gasteiger partial charge in [0.05, 0.1) is 0 Å². The van der Waals surface area contributed by atoms with Crippen LogP contribution >= 0.6 is 16.6 Å². The van der Waals surface area contributed by atoms with Crippen LogP contribution in [0.5, 0.6) is 0 Å². The Kier molecular flexibility index (Phi) is 1.65. The van der Waals surface area contributed by atoms with E-state index in [-0.39, 0.29) is 0 Å². The van der Waals surface area contributed by atoms with E-state index < -0.39 is 7.72 Å². The molecule has 4 heavy (non-hydrogen) atoms. The molecule has 0 amide bonds. The van der Waals surface area contributed by atoms with Crippen LogP contribution < -0.4 is 0 Å². The molecule has 0 fully saturated rings. The first-order valence-electron chi connectivity index (χ1n) is 1.11. The van der Waals surface area contributed by atoms with Crippen molar-refractivity contribution in [1.29, 1.82) is 1.43 Å². The Morgan fingerprint density at radius 2 is 2.75 bits per heavy atom. The Balaban J connectivity index is 2.54. The monoisotopic (exact) mass is 94.0 g/mol. The maximum absolute atomic E-state index is 6.04. The van der Waals surface area contributed by atoms with Crippen LogP contribution in [0.1, 0.15) is 0 Å². The van der Waals surface area contributed by atoms with E-state index >= 15 is 0 Å². The van der Waals surface area contributed by atoms with Gasteiger partial charge in [-0.1, -0.05) is 8.93 Å². The molecule has 0 spiro atoms. The normalized spacial score (nSPS) is 18.8. The van der Waals surface area contributed by atoms with E-state index in [4.69, 9.17) is 9.00 Å². The van der Waals surface area contributed by atoms with Crippen molar-refractivity contribution < 1.29 is 4.90 Å². The first-order valence-corrected chi connectivity index (χ1v) is 3.65. The quantitative estimate of drug-likeness (QED) is 0.364. The summed E-state index contributed by atoms with van der Waals surface area (Å²) in [5.41, 5.74) is 0. The predicted octanol–water partition coefficient (Wildman–Crippen LogP) is 0.249. The average Bonchev–Trinajstić information content (AvgIpc) is 1.38. The van der Waals surface area contributed by atoms with E-state index in [0.717, 1.165) is 0 Å². The molecule has 2 atom stereocenters. The summed E-state index contributed by atoms with van der Waals surface area (Å²) < 4.78 is 6.04. The summed E-state index contributed by atoms with van der Waals surface area (Å²) in [6.45, 7) is 0. The fourth-order valence-corrected chi connectivity index (χ4v) is 0. The molecule has 2 unspecified atom stereocenters. The van der Waals surface area contributed by atoms with Gasteiger partial charge in [0.15, 0.2) is 7.57 Å². The molecular weight excluding hydrogens is 88.8 g/mol. The standard InChI is InChI=1S/BH3OP2/c1-4(2)3/h2H,3H2/i2T. The average molecular weight is 93.8 g/mol. The van der Waals surface area contributed by atoms with Crippen molar-refractivity contribution in [3.63, 3.8) is 0 Å². The molecule has 0 aromatic carbocycles. The van der Waals surface area contributed by atoms with Crippen LogP contribution in [0.3, 0.4) is 0 Å². The van der Waals surface area contributed by atoms with Gasteiger partial charge in [0.2, 0.25) is 1.43 Å². The van der Waals surface area contributed by atoms with Gasteiger partial charge in [-0.3, -0.25) is 0 Å². The molecule has 0 heterocycles. The third kappa shape index (κ3) is 13.1. The molecule has 4 heteroatoms. The fourth-order valence-electron chi connectivity index (χ4n) is 0. The summed E-state index contributed by atoms with van der Waals surface area (Å²) >= 11 is 0. The van der Waals surface area contributed by atoms with Crippen LogP contribution in [0.25, 0.3) is 0 Å². The van der Waals surface area contributed by atoms with Crippen LogP contribution in [0.2, 0.25) is 0 Å². The second-order valence-electron chi connectivity index (χ2n) is 0.360. The smallest absolute Gasteiger partial charge is 0.215 e. The second kappa shape index (κ2) is 2.14. The minimum absolute atomic E-state index is 1.01. The van der Waals surface area contributed by atoms with E-state index in [1.54, 1.807) is 0 Å². The lowest BCUT2D eigenvalue weighted by atomic mass is 10.8. The molecule has 0 rings (SSSR count). The van der Waals surface area contributed by atoms with Crippen molar-refractivity contribution in [1.82, 2.24) is 0 Å². The molecule has 0 saturated carbocycles. The highest BCUT2D eigenvalue weighted by Crippen LogP contribution is 2.31. The van der Waals surface area contributed by atoms with Gasteiger partial charge in [0, 0.05) is 0 Å². The van der Waals surface area contributed by atoms with Crippen LogP contribution in [-0.4, -0.2) is 13.9 Å². The maximum Gasteiger partial charge on any atom is 0.215 e. The van der Waals surface area contributed by atoms with Crippen LogP contribution in [0, 0.1) is 0 Å². The minimum atomic E-state index is -1.01. The van der Waals surface area contributed by atoms with Gasteiger partial charge in [-0.2, -0.15) is 0 Å². The van der Waals surface area contributed by atoms with E-state index in [2.05, 4.69) is 13.8 Å².